The summed E-state index contributed by atoms with van der Waals surface area (Å²) < 4.78 is 0. The van der Waals surface area contributed by atoms with Crippen molar-refractivity contribution in [1.29, 1.82) is 0 Å². The zero-order valence-corrected chi connectivity index (χ0v) is 11.7. The summed E-state index contributed by atoms with van der Waals surface area (Å²) in [6, 6.07) is 6.92. The van der Waals surface area contributed by atoms with Crippen LogP contribution in [0.15, 0.2) is 24.3 Å². The first-order chi connectivity index (χ1) is 8.78. The number of hydrogen-bond acceptors (Lipinski definition) is 2. The fraction of sp³-hybridized carbons (Fsp3) is 0.429. The van der Waals surface area contributed by atoms with E-state index in [1.54, 1.807) is 19.1 Å². The second-order valence-corrected chi connectivity index (χ2v) is 4.90. The van der Waals surface area contributed by atoms with E-state index in [4.69, 9.17) is 0 Å². The minimum atomic E-state index is -1.25. The summed E-state index contributed by atoms with van der Waals surface area (Å²) in [6.45, 7) is 7.04. The fourth-order valence-corrected chi connectivity index (χ4v) is 1.74. The van der Waals surface area contributed by atoms with Gasteiger partial charge in [0.1, 0.15) is 5.54 Å². The number of likely N-dealkylation sites (N-methyl/N-ethyl adjacent to an activating group) is 1. The van der Waals surface area contributed by atoms with Gasteiger partial charge in [-0.1, -0.05) is 17.7 Å². The Hall–Kier alpha value is -2.04. The Balaban J connectivity index is 2.86. The van der Waals surface area contributed by atoms with Gasteiger partial charge in [0.25, 0.3) is 0 Å². The minimum absolute atomic E-state index is 0.316. The first-order valence-corrected chi connectivity index (χ1v) is 6.17. The number of nitrogens with zero attached hydrogens (tertiary/aromatic N) is 1. The number of aryl methyl sites for hydroxylation is 1. The summed E-state index contributed by atoms with van der Waals surface area (Å²) in [5.74, 6) is -1.03. The molecule has 5 heteroatoms. The lowest BCUT2D eigenvalue weighted by Crippen LogP contribution is -2.54. The Labute approximate surface area is 113 Å². The quantitative estimate of drug-likeness (QED) is 0.878. The molecule has 2 amide bonds. The van der Waals surface area contributed by atoms with Crippen LogP contribution in [0.3, 0.4) is 0 Å². The molecule has 1 aromatic carbocycles. The third kappa shape index (κ3) is 3.47. The SMILES string of the molecule is CCN(C(=O)Nc1ccc(C)cc1)C(C)(C)C(=O)O. The van der Waals surface area contributed by atoms with E-state index in [2.05, 4.69) is 5.32 Å². The van der Waals surface area contributed by atoms with Gasteiger partial charge < -0.3 is 15.3 Å². The number of amides is 2. The van der Waals surface area contributed by atoms with Crippen molar-refractivity contribution in [1.82, 2.24) is 4.90 Å². The molecule has 5 nitrogen and oxygen atoms in total. The molecule has 0 saturated carbocycles. The van der Waals surface area contributed by atoms with Crippen molar-refractivity contribution in [3.63, 3.8) is 0 Å². The lowest BCUT2D eigenvalue weighted by molar-refractivity contribution is -0.147. The smallest absolute Gasteiger partial charge is 0.329 e. The van der Waals surface area contributed by atoms with Crippen molar-refractivity contribution in [2.45, 2.75) is 33.2 Å². The summed E-state index contributed by atoms with van der Waals surface area (Å²) in [5.41, 5.74) is 0.496. The number of carbonyl (C=O) groups is 2. The molecule has 0 atom stereocenters. The third-order valence-electron chi connectivity index (χ3n) is 3.06. The van der Waals surface area contributed by atoms with Crippen molar-refractivity contribution in [2.24, 2.45) is 0 Å². The number of nitrogens with one attached hydrogen (secondary N) is 1. The third-order valence-corrected chi connectivity index (χ3v) is 3.06. The molecular weight excluding hydrogens is 244 g/mol. The van der Waals surface area contributed by atoms with Crippen LogP contribution in [0.4, 0.5) is 10.5 Å². The van der Waals surface area contributed by atoms with Gasteiger partial charge in [0.15, 0.2) is 0 Å². The number of aliphatic carboxylic acids is 1. The standard InChI is InChI=1S/C14H20N2O3/c1-5-16(14(3,4)12(17)18)13(19)15-11-8-6-10(2)7-9-11/h6-9H,5H2,1-4H3,(H,15,19)(H,17,18). The largest absolute Gasteiger partial charge is 0.480 e. The zero-order valence-electron chi connectivity index (χ0n) is 11.7. The van der Waals surface area contributed by atoms with Crippen LogP contribution in [0.5, 0.6) is 0 Å². The topological polar surface area (TPSA) is 69.6 Å². The predicted octanol–water partition coefficient (Wildman–Crippen LogP) is 2.71. The predicted molar refractivity (Wildman–Crippen MR) is 74.3 cm³/mol. The van der Waals surface area contributed by atoms with E-state index in [9.17, 15) is 14.7 Å². The highest BCUT2D eigenvalue weighted by atomic mass is 16.4. The van der Waals surface area contributed by atoms with Crippen LogP contribution in [-0.4, -0.2) is 34.1 Å². The van der Waals surface area contributed by atoms with Gasteiger partial charge in [-0.3, -0.25) is 0 Å². The van der Waals surface area contributed by atoms with Gasteiger partial charge in [-0.15, -0.1) is 0 Å². The summed E-state index contributed by atoms with van der Waals surface area (Å²) in [4.78, 5) is 24.6. The first-order valence-electron chi connectivity index (χ1n) is 6.17. The molecule has 0 saturated heterocycles. The van der Waals surface area contributed by atoms with E-state index in [0.717, 1.165) is 5.56 Å². The van der Waals surface area contributed by atoms with E-state index >= 15 is 0 Å². The van der Waals surface area contributed by atoms with Gasteiger partial charge in [0.05, 0.1) is 0 Å². The van der Waals surface area contributed by atoms with Gasteiger partial charge in [-0.05, 0) is 39.8 Å². The summed E-state index contributed by atoms with van der Waals surface area (Å²) in [7, 11) is 0. The number of carboxylic acids is 1. The normalized spacial score (nSPS) is 10.9. The Morgan fingerprint density at radius 2 is 1.79 bits per heavy atom. The van der Waals surface area contributed by atoms with Crippen LogP contribution in [0, 0.1) is 6.92 Å². The summed E-state index contributed by atoms with van der Waals surface area (Å²) in [6.07, 6.45) is 0. The van der Waals surface area contributed by atoms with Crippen molar-refractivity contribution < 1.29 is 14.7 Å². The highest BCUT2D eigenvalue weighted by molar-refractivity contribution is 5.93. The average Bonchev–Trinajstić information content (AvgIpc) is 2.32. The number of carbonyl (C=O) groups excluding carboxylic acids is 1. The van der Waals surface area contributed by atoms with Gasteiger partial charge >= 0.3 is 12.0 Å². The lowest BCUT2D eigenvalue weighted by Gasteiger charge is -2.34. The molecule has 0 spiro atoms. The van der Waals surface area contributed by atoms with Crippen LogP contribution in [0.25, 0.3) is 0 Å². The molecule has 1 aromatic rings. The molecule has 0 radical (unpaired) electrons. The van der Waals surface area contributed by atoms with Crippen molar-refractivity contribution in [3.05, 3.63) is 29.8 Å². The highest BCUT2D eigenvalue weighted by Crippen LogP contribution is 2.17. The average molecular weight is 264 g/mol. The fourth-order valence-electron chi connectivity index (χ4n) is 1.74. The van der Waals surface area contributed by atoms with Crippen molar-refractivity contribution in [2.75, 3.05) is 11.9 Å². The van der Waals surface area contributed by atoms with Crippen LogP contribution < -0.4 is 5.32 Å². The number of rotatable bonds is 4. The first kappa shape index (κ1) is 15.0. The van der Waals surface area contributed by atoms with Gasteiger partial charge in [0, 0.05) is 12.2 Å². The Morgan fingerprint density at radius 1 is 1.26 bits per heavy atom. The van der Waals surface area contributed by atoms with Crippen LogP contribution in [0.2, 0.25) is 0 Å². The molecule has 19 heavy (non-hydrogen) atoms. The molecule has 0 unspecified atom stereocenters. The number of benzene rings is 1. The molecule has 0 aliphatic carbocycles. The van der Waals surface area contributed by atoms with E-state index in [1.165, 1.54) is 18.7 Å². The second-order valence-electron chi connectivity index (χ2n) is 4.90. The molecule has 0 aromatic heterocycles. The Kier molecular flexibility index (Phi) is 4.53. The number of anilines is 1. The molecule has 2 N–H and O–H groups in total. The maximum Gasteiger partial charge on any atom is 0.329 e. The molecule has 0 aliphatic rings. The number of carboxylic acid groups (broad SMARTS) is 1. The van der Waals surface area contributed by atoms with Crippen molar-refractivity contribution in [3.8, 4) is 0 Å². The second kappa shape index (κ2) is 5.73. The molecular formula is C14H20N2O3. The zero-order chi connectivity index (χ0) is 14.6. The van der Waals surface area contributed by atoms with Crippen LogP contribution in [0.1, 0.15) is 26.3 Å². The van der Waals surface area contributed by atoms with E-state index in [0.29, 0.717) is 12.2 Å². The summed E-state index contributed by atoms with van der Waals surface area (Å²) in [5, 5.41) is 11.9. The number of urea groups is 1. The number of hydrogen-bond donors (Lipinski definition) is 2. The molecule has 0 bridgehead atoms. The molecule has 0 heterocycles. The van der Waals surface area contributed by atoms with Gasteiger partial charge in [-0.25, -0.2) is 9.59 Å². The van der Waals surface area contributed by atoms with Gasteiger partial charge in [-0.2, -0.15) is 0 Å². The van der Waals surface area contributed by atoms with Crippen LogP contribution in [-0.2, 0) is 4.79 Å². The van der Waals surface area contributed by atoms with E-state index in [-0.39, 0.29) is 0 Å². The minimum Gasteiger partial charge on any atom is -0.480 e. The van der Waals surface area contributed by atoms with Crippen molar-refractivity contribution >= 4 is 17.7 Å². The highest BCUT2D eigenvalue weighted by Gasteiger charge is 2.36. The molecule has 0 aliphatic heterocycles. The van der Waals surface area contributed by atoms with E-state index in [1.807, 2.05) is 19.1 Å². The van der Waals surface area contributed by atoms with Gasteiger partial charge in [0.2, 0.25) is 0 Å². The maximum absolute atomic E-state index is 12.1. The Morgan fingerprint density at radius 3 is 2.21 bits per heavy atom. The lowest BCUT2D eigenvalue weighted by atomic mass is 10.0. The molecule has 0 fully saturated rings. The molecule has 1 rings (SSSR count). The Bertz CT molecular complexity index is 466. The summed E-state index contributed by atoms with van der Waals surface area (Å²) >= 11 is 0. The maximum atomic E-state index is 12.1. The monoisotopic (exact) mass is 264 g/mol. The van der Waals surface area contributed by atoms with Crippen LogP contribution >= 0.6 is 0 Å². The van der Waals surface area contributed by atoms with E-state index < -0.39 is 17.5 Å². The molecule has 104 valence electrons.